The first-order chi connectivity index (χ1) is 16.0. The molecule has 0 bridgehead atoms. The summed E-state index contributed by atoms with van der Waals surface area (Å²) < 4.78 is 6.96. The van der Waals surface area contributed by atoms with Crippen LogP contribution < -0.4 is 9.64 Å². The Morgan fingerprint density at radius 1 is 1.00 bits per heavy atom. The lowest BCUT2D eigenvalue weighted by molar-refractivity contribution is 0.0983. The van der Waals surface area contributed by atoms with Crippen molar-refractivity contribution >= 4 is 32.6 Å². The Morgan fingerprint density at radius 2 is 1.73 bits per heavy atom. The van der Waals surface area contributed by atoms with E-state index in [9.17, 15) is 4.79 Å². The summed E-state index contributed by atoms with van der Waals surface area (Å²) in [6, 6.07) is 11.8. The van der Waals surface area contributed by atoms with Gasteiger partial charge in [0.25, 0.3) is 5.91 Å². The number of carbonyl (C=O) groups excluding carboxylic acids is 1. The average molecular weight is 468 g/mol. The van der Waals surface area contributed by atoms with E-state index in [0.29, 0.717) is 18.7 Å². The van der Waals surface area contributed by atoms with Crippen molar-refractivity contribution in [3.63, 3.8) is 0 Å². The Balaban J connectivity index is 1.84. The van der Waals surface area contributed by atoms with Crippen molar-refractivity contribution in [2.45, 2.75) is 53.9 Å². The number of rotatable bonds is 12. The second-order valence-electron chi connectivity index (χ2n) is 8.49. The van der Waals surface area contributed by atoms with Crippen LogP contribution in [0.3, 0.4) is 0 Å². The van der Waals surface area contributed by atoms with E-state index in [1.165, 1.54) is 24.0 Å². The van der Waals surface area contributed by atoms with Crippen LogP contribution in [0.2, 0.25) is 0 Å². The summed E-state index contributed by atoms with van der Waals surface area (Å²) in [7, 11) is 0. The topological polar surface area (TPSA) is 45.7 Å². The van der Waals surface area contributed by atoms with Gasteiger partial charge in [-0.25, -0.2) is 4.98 Å². The van der Waals surface area contributed by atoms with Crippen LogP contribution in [-0.2, 0) is 0 Å². The van der Waals surface area contributed by atoms with Gasteiger partial charge in [0.05, 0.1) is 16.8 Å². The zero-order valence-corrected chi connectivity index (χ0v) is 21.5. The minimum absolute atomic E-state index is 0.0203. The fraction of sp³-hybridized carbons (Fsp3) is 0.481. The molecule has 0 fully saturated rings. The number of carbonyl (C=O) groups is 1. The summed E-state index contributed by atoms with van der Waals surface area (Å²) in [6.07, 6.45) is 3.39. The molecular weight excluding hydrogens is 430 g/mol. The first-order valence-corrected chi connectivity index (χ1v) is 12.9. The molecule has 1 amide bonds. The highest BCUT2D eigenvalue weighted by Gasteiger charge is 2.22. The number of benzene rings is 2. The van der Waals surface area contributed by atoms with Gasteiger partial charge in [-0.3, -0.25) is 9.69 Å². The Bertz CT molecular complexity index is 1040. The zero-order chi connectivity index (χ0) is 23.8. The van der Waals surface area contributed by atoms with Crippen molar-refractivity contribution in [2.75, 3.05) is 37.7 Å². The van der Waals surface area contributed by atoms with Gasteiger partial charge in [-0.1, -0.05) is 51.0 Å². The maximum absolute atomic E-state index is 13.6. The van der Waals surface area contributed by atoms with E-state index >= 15 is 0 Å². The Hall–Kier alpha value is -2.44. The third-order valence-electron chi connectivity index (χ3n) is 5.94. The molecule has 3 rings (SSSR count). The summed E-state index contributed by atoms with van der Waals surface area (Å²) in [5, 5.41) is 0.760. The van der Waals surface area contributed by atoms with E-state index in [1.807, 2.05) is 29.2 Å². The number of aromatic nitrogens is 1. The fourth-order valence-corrected chi connectivity index (χ4v) is 4.98. The van der Waals surface area contributed by atoms with E-state index in [1.54, 1.807) is 11.3 Å². The number of ether oxygens (including phenoxy) is 1. The van der Waals surface area contributed by atoms with Crippen LogP contribution in [0.1, 0.15) is 61.5 Å². The quantitative estimate of drug-likeness (QED) is 0.286. The van der Waals surface area contributed by atoms with E-state index < -0.39 is 0 Å². The van der Waals surface area contributed by atoms with Crippen LogP contribution in [0.4, 0.5) is 5.13 Å². The van der Waals surface area contributed by atoms with E-state index in [4.69, 9.17) is 9.72 Å². The summed E-state index contributed by atoms with van der Waals surface area (Å²) in [6.45, 7) is 14.7. The van der Waals surface area contributed by atoms with Crippen molar-refractivity contribution in [1.82, 2.24) is 9.88 Å². The maximum Gasteiger partial charge on any atom is 0.260 e. The number of aryl methyl sites for hydroxylation is 2. The predicted molar refractivity (Wildman–Crippen MR) is 140 cm³/mol. The minimum atomic E-state index is -0.0203. The van der Waals surface area contributed by atoms with Crippen LogP contribution in [0.15, 0.2) is 36.4 Å². The molecule has 0 saturated heterocycles. The summed E-state index contributed by atoms with van der Waals surface area (Å²) in [5.74, 6) is 0.788. The summed E-state index contributed by atoms with van der Waals surface area (Å²) >= 11 is 1.60. The Kier molecular flexibility index (Phi) is 9.27. The molecule has 0 atom stereocenters. The van der Waals surface area contributed by atoms with E-state index in [0.717, 1.165) is 47.2 Å². The van der Waals surface area contributed by atoms with Crippen molar-refractivity contribution in [3.05, 3.63) is 53.1 Å². The van der Waals surface area contributed by atoms with Gasteiger partial charge in [-0.05, 0) is 74.8 Å². The lowest BCUT2D eigenvalue weighted by Gasteiger charge is -2.24. The molecule has 33 heavy (non-hydrogen) atoms. The molecule has 0 radical (unpaired) electrons. The molecule has 6 heteroatoms. The summed E-state index contributed by atoms with van der Waals surface area (Å²) in [5.41, 5.74) is 4.01. The average Bonchev–Trinajstić information content (AvgIpc) is 3.24. The van der Waals surface area contributed by atoms with Gasteiger partial charge in [0.1, 0.15) is 5.75 Å². The van der Waals surface area contributed by atoms with Gasteiger partial charge >= 0.3 is 0 Å². The molecule has 178 valence electrons. The molecule has 0 N–H and O–H groups in total. The highest BCUT2D eigenvalue weighted by molar-refractivity contribution is 7.22. The number of unbranched alkanes of at least 4 members (excludes halogenated alkanes) is 2. The molecule has 0 aliphatic rings. The zero-order valence-electron chi connectivity index (χ0n) is 20.7. The second-order valence-corrected chi connectivity index (χ2v) is 9.47. The summed E-state index contributed by atoms with van der Waals surface area (Å²) in [4.78, 5) is 22.6. The largest absolute Gasteiger partial charge is 0.494 e. The number of fused-ring (bicyclic) bond motifs is 1. The van der Waals surface area contributed by atoms with E-state index in [-0.39, 0.29) is 5.91 Å². The molecule has 2 aromatic carbocycles. The number of hydrogen-bond donors (Lipinski definition) is 0. The third kappa shape index (κ3) is 6.55. The number of amides is 1. The van der Waals surface area contributed by atoms with Crippen LogP contribution in [-0.4, -0.2) is 48.6 Å². The van der Waals surface area contributed by atoms with Crippen LogP contribution in [0.25, 0.3) is 10.2 Å². The highest BCUT2D eigenvalue weighted by Crippen LogP contribution is 2.33. The molecule has 0 aliphatic heterocycles. The highest BCUT2D eigenvalue weighted by atomic mass is 32.1. The van der Waals surface area contributed by atoms with Gasteiger partial charge in [0.2, 0.25) is 0 Å². The van der Waals surface area contributed by atoms with E-state index in [2.05, 4.69) is 51.7 Å². The molecule has 0 unspecified atom stereocenters. The molecule has 1 heterocycles. The molecular formula is C27H37N3O2S. The van der Waals surface area contributed by atoms with Crippen molar-refractivity contribution in [3.8, 4) is 5.75 Å². The normalized spacial score (nSPS) is 11.3. The fourth-order valence-electron chi connectivity index (χ4n) is 3.94. The number of thiazole rings is 1. The Labute approximate surface area is 202 Å². The Morgan fingerprint density at radius 3 is 2.39 bits per heavy atom. The minimum Gasteiger partial charge on any atom is -0.494 e. The van der Waals surface area contributed by atoms with Gasteiger partial charge in [0.15, 0.2) is 5.13 Å². The van der Waals surface area contributed by atoms with Crippen LogP contribution in [0.5, 0.6) is 5.75 Å². The molecule has 1 aromatic heterocycles. The van der Waals surface area contributed by atoms with Crippen LogP contribution in [0, 0.1) is 13.8 Å². The molecule has 0 spiro atoms. The van der Waals surface area contributed by atoms with Crippen molar-refractivity contribution < 1.29 is 9.53 Å². The standard InChI is InChI=1S/C27H37N3O2S/c1-6-9-10-17-32-23-13-11-22(12-14-23)26(31)30(16-15-29(7-2)8-3)27-28-24-19-20(4)18-21(5)25(24)33-27/h11-14,18-19H,6-10,15-17H2,1-5H3. The van der Waals surface area contributed by atoms with Crippen molar-refractivity contribution in [1.29, 1.82) is 0 Å². The molecule has 5 nitrogen and oxygen atoms in total. The molecule has 0 aliphatic carbocycles. The lowest BCUT2D eigenvalue weighted by atomic mass is 10.1. The number of nitrogens with zero attached hydrogens (tertiary/aromatic N) is 3. The smallest absolute Gasteiger partial charge is 0.260 e. The maximum atomic E-state index is 13.6. The van der Waals surface area contributed by atoms with Crippen LogP contribution >= 0.6 is 11.3 Å². The third-order valence-corrected chi connectivity index (χ3v) is 7.17. The second kappa shape index (κ2) is 12.1. The van der Waals surface area contributed by atoms with Gasteiger partial charge in [0, 0.05) is 18.7 Å². The van der Waals surface area contributed by atoms with Gasteiger partial charge in [-0.15, -0.1) is 0 Å². The first-order valence-electron chi connectivity index (χ1n) is 12.1. The van der Waals surface area contributed by atoms with Crippen molar-refractivity contribution in [2.24, 2.45) is 0 Å². The first kappa shape index (κ1) is 25.2. The molecule has 3 aromatic rings. The molecule has 0 saturated carbocycles. The van der Waals surface area contributed by atoms with Gasteiger partial charge in [-0.2, -0.15) is 0 Å². The number of hydrogen-bond acceptors (Lipinski definition) is 5. The SMILES string of the molecule is CCCCCOc1ccc(C(=O)N(CCN(CC)CC)c2nc3cc(C)cc(C)c3s2)cc1. The monoisotopic (exact) mass is 467 g/mol. The van der Waals surface area contributed by atoms with Gasteiger partial charge < -0.3 is 9.64 Å². The predicted octanol–water partition coefficient (Wildman–Crippen LogP) is 6.47. The number of anilines is 1. The number of likely N-dealkylation sites (N-methyl/N-ethyl adjacent to an activating group) is 1. The lowest BCUT2D eigenvalue weighted by Crippen LogP contribution is -2.38.